The van der Waals surface area contributed by atoms with E-state index in [1.165, 1.54) is 6.07 Å². The predicted octanol–water partition coefficient (Wildman–Crippen LogP) is 2.12. The van der Waals surface area contributed by atoms with E-state index in [0.717, 1.165) is 16.7 Å². The highest BCUT2D eigenvalue weighted by molar-refractivity contribution is 6.30. The van der Waals surface area contributed by atoms with Gasteiger partial charge in [0.15, 0.2) is 0 Å². The lowest BCUT2D eigenvalue weighted by Crippen LogP contribution is -2.38. The van der Waals surface area contributed by atoms with Crippen molar-refractivity contribution >= 4 is 34.2 Å². The number of hydrogen-bond acceptors (Lipinski definition) is 3. The molecule has 3 rings (SSSR count). The second-order valence-electron chi connectivity index (χ2n) is 5.07. The molecule has 0 unspecified atom stereocenters. The second kappa shape index (κ2) is 6.29. The molecule has 0 aliphatic rings. The first kappa shape index (κ1) is 15.9. The van der Waals surface area contributed by atoms with E-state index >= 15 is 0 Å². The number of aromatic nitrogens is 2. The smallest absolute Gasteiger partial charge is 0.317 e. The summed E-state index contributed by atoms with van der Waals surface area (Å²) in [4.78, 5) is 38.2. The van der Waals surface area contributed by atoms with Crippen LogP contribution in [-0.2, 0) is 11.3 Å². The molecule has 1 amide bonds. The number of benzene rings is 2. The summed E-state index contributed by atoms with van der Waals surface area (Å²) in [6.07, 6.45) is 0. The molecule has 3 aromatic rings. The first-order valence-electron chi connectivity index (χ1n) is 6.92. The third-order valence-corrected chi connectivity index (χ3v) is 3.58. The van der Waals surface area contributed by atoms with Gasteiger partial charge in [0.25, 0.3) is 0 Å². The van der Waals surface area contributed by atoms with E-state index in [2.05, 4.69) is 10.3 Å². The van der Waals surface area contributed by atoms with Crippen molar-refractivity contribution in [2.24, 2.45) is 0 Å². The molecule has 1 aromatic heterocycles. The first-order valence-corrected chi connectivity index (χ1v) is 7.29. The Kier molecular flexibility index (Phi) is 4.18. The number of carbonyl (C=O) groups excluding carboxylic acids is 1. The van der Waals surface area contributed by atoms with Crippen molar-refractivity contribution in [2.75, 3.05) is 5.32 Å². The summed E-state index contributed by atoms with van der Waals surface area (Å²) in [7, 11) is 0. The number of fused-ring (bicyclic) bond motifs is 1. The molecule has 0 bridgehead atoms. The van der Waals surface area contributed by atoms with Gasteiger partial charge in [-0.3, -0.25) is 19.0 Å². The maximum atomic E-state index is 13.3. The highest BCUT2D eigenvalue weighted by Gasteiger charge is 2.12. The summed E-state index contributed by atoms with van der Waals surface area (Å²) in [6, 6.07) is 10.1. The zero-order valence-corrected chi connectivity index (χ0v) is 12.9. The van der Waals surface area contributed by atoms with Crippen molar-refractivity contribution in [3.05, 3.63) is 74.0 Å². The van der Waals surface area contributed by atoms with Crippen molar-refractivity contribution < 1.29 is 9.18 Å². The molecule has 0 aliphatic heterocycles. The lowest BCUT2D eigenvalue weighted by atomic mass is 10.2. The number of H-pyrrole nitrogens is 1. The van der Waals surface area contributed by atoms with Crippen molar-refractivity contribution in [3.8, 4) is 0 Å². The lowest BCUT2D eigenvalue weighted by molar-refractivity contribution is -0.116. The predicted molar refractivity (Wildman–Crippen MR) is 88.9 cm³/mol. The van der Waals surface area contributed by atoms with Gasteiger partial charge in [-0.15, -0.1) is 0 Å². The molecule has 1 heterocycles. The molecule has 0 spiro atoms. The molecule has 2 aromatic carbocycles. The molecule has 0 saturated heterocycles. The van der Waals surface area contributed by atoms with Gasteiger partial charge >= 0.3 is 11.1 Å². The molecule has 0 radical (unpaired) electrons. The number of aromatic amines is 1. The molecule has 2 N–H and O–H groups in total. The Morgan fingerprint density at radius 3 is 2.75 bits per heavy atom. The van der Waals surface area contributed by atoms with Crippen LogP contribution >= 0.6 is 11.6 Å². The SMILES string of the molecule is O=C(Cn1c(=O)c(=O)[nH]c2cc(F)ccc21)Nc1cccc(Cl)c1. The second-order valence-corrected chi connectivity index (χ2v) is 5.50. The summed E-state index contributed by atoms with van der Waals surface area (Å²) in [5.74, 6) is -1.08. The highest BCUT2D eigenvalue weighted by atomic mass is 35.5. The number of anilines is 1. The number of hydrogen-bond donors (Lipinski definition) is 2. The van der Waals surface area contributed by atoms with Crippen LogP contribution in [0.3, 0.4) is 0 Å². The number of rotatable bonds is 3. The maximum absolute atomic E-state index is 13.3. The minimum Gasteiger partial charge on any atom is -0.324 e. The van der Waals surface area contributed by atoms with Crippen LogP contribution in [-0.4, -0.2) is 15.5 Å². The Balaban J connectivity index is 1.97. The van der Waals surface area contributed by atoms with Gasteiger partial charge in [-0.25, -0.2) is 4.39 Å². The third-order valence-electron chi connectivity index (χ3n) is 3.35. The highest BCUT2D eigenvalue weighted by Crippen LogP contribution is 2.15. The van der Waals surface area contributed by atoms with Crippen molar-refractivity contribution in [2.45, 2.75) is 6.54 Å². The van der Waals surface area contributed by atoms with Crippen LogP contribution < -0.4 is 16.4 Å². The third kappa shape index (κ3) is 3.21. The Hall–Kier alpha value is -2.93. The van der Waals surface area contributed by atoms with Gasteiger partial charge in [0.2, 0.25) is 5.91 Å². The van der Waals surface area contributed by atoms with E-state index in [9.17, 15) is 18.8 Å². The molecule has 0 atom stereocenters. The van der Waals surface area contributed by atoms with Crippen molar-refractivity contribution in [3.63, 3.8) is 0 Å². The summed E-state index contributed by atoms with van der Waals surface area (Å²) in [5, 5.41) is 3.03. The van der Waals surface area contributed by atoms with Crippen molar-refractivity contribution in [1.82, 2.24) is 9.55 Å². The van der Waals surface area contributed by atoms with Crippen LogP contribution in [0.15, 0.2) is 52.1 Å². The van der Waals surface area contributed by atoms with Crippen LogP contribution in [0.1, 0.15) is 0 Å². The topological polar surface area (TPSA) is 84.0 Å². The van der Waals surface area contributed by atoms with Gasteiger partial charge in [0, 0.05) is 10.7 Å². The van der Waals surface area contributed by atoms with Crippen LogP contribution in [0.25, 0.3) is 11.0 Å². The fourth-order valence-electron chi connectivity index (χ4n) is 2.32. The summed E-state index contributed by atoms with van der Waals surface area (Å²) in [5.41, 5.74) is -0.975. The van der Waals surface area contributed by atoms with Crippen molar-refractivity contribution in [1.29, 1.82) is 0 Å². The van der Waals surface area contributed by atoms with E-state index < -0.39 is 29.4 Å². The average Bonchev–Trinajstić information content (AvgIpc) is 2.51. The lowest BCUT2D eigenvalue weighted by Gasteiger charge is -2.10. The molecule has 24 heavy (non-hydrogen) atoms. The molecule has 0 aliphatic carbocycles. The standard InChI is InChI=1S/C16H11ClFN3O3/c17-9-2-1-3-11(6-9)19-14(22)8-21-13-5-4-10(18)7-12(13)20-15(23)16(21)24/h1-7H,8H2,(H,19,22)(H,20,23). The minimum atomic E-state index is -0.927. The number of halogens is 2. The van der Waals surface area contributed by atoms with Gasteiger partial charge in [0.05, 0.1) is 11.0 Å². The fourth-order valence-corrected chi connectivity index (χ4v) is 2.51. The largest absolute Gasteiger partial charge is 0.324 e. The quantitative estimate of drug-likeness (QED) is 0.712. The number of amides is 1. The van der Waals surface area contributed by atoms with E-state index in [1.54, 1.807) is 24.3 Å². The maximum Gasteiger partial charge on any atom is 0.317 e. The van der Waals surface area contributed by atoms with Crippen LogP contribution in [0.5, 0.6) is 0 Å². The molecule has 6 nitrogen and oxygen atoms in total. The fraction of sp³-hybridized carbons (Fsp3) is 0.0625. The Morgan fingerprint density at radius 2 is 2.00 bits per heavy atom. The summed E-state index contributed by atoms with van der Waals surface area (Å²) >= 11 is 5.84. The van der Waals surface area contributed by atoms with Crippen LogP contribution in [0.4, 0.5) is 10.1 Å². The zero-order valence-electron chi connectivity index (χ0n) is 12.2. The summed E-state index contributed by atoms with van der Waals surface area (Å²) in [6.45, 7) is -0.391. The molecule has 0 fully saturated rings. The van der Waals surface area contributed by atoms with Gasteiger partial charge in [-0.05, 0) is 36.4 Å². The molecular formula is C16H11ClFN3O3. The van der Waals surface area contributed by atoms with Gasteiger partial charge < -0.3 is 10.3 Å². The minimum absolute atomic E-state index is 0.134. The number of carbonyl (C=O) groups is 1. The van der Waals surface area contributed by atoms with E-state index in [1.807, 2.05) is 0 Å². The Labute approximate surface area is 139 Å². The van der Waals surface area contributed by atoms with Gasteiger partial charge in [-0.2, -0.15) is 0 Å². The van der Waals surface area contributed by atoms with Crippen LogP contribution in [0.2, 0.25) is 5.02 Å². The Bertz CT molecular complexity index is 1060. The normalized spacial score (nSPS) is 10.8. The van der Waals surface area contributed by atoms with Crippen LogP contribution in [0, 0.1) is 5.82 Å². The van der Waals surface area contributed by atoms with E-state index in [4.69, 9.17) is 11.6 Å². The average molecular weight is 348 g/mol. The van der Waals surface area contributed by atoms with E-state index in [-0.39, 0.29) is 11.0 Å². The zero-order chi connectivity index (χ0) is 17.3. The molecule has 0 saturated carbocycles. The molecule has 8 heteroatoms. The van der Waals surface area contributed by atoms with E-state index in [0.29, 0.717) is 10.7 Å². The Morgan fingerprint density at radius 1 is 1.21 bits per heavy atom. The molecule has 122 valence electrons. The first-order chi connectivity index (χ1) is 11.4. The van der Waals surface area contributed by atoms with Gasteiger partial charge in [0.1, 0.15) is 12.4 Å². The number of nitrogens with one attached hydrogen (secondary N) is 2. The summed E-state index contributed by atoms with van der Waals surface area (Å²) < 4.78 is 14.3. The monoisotopic (exact) mass is 347 g/mol. The number of nitrogens with zero attached hydrogens (tertiary/aromatic N) is 1. The molecular weight excluding hydrogens is 337 g/mol. The van der Waals surface area contributed by atoms with Gasteiger partial charge in [-0.1, -0.05) is 17.7 Å².